The van der Waals surface area contributed by atoms with Gasteiger partial charge >= 0.3 is 0 Å². The van der Waals surface area contributed by atoms with E-state index in [1.54, 1.807) is 0 Å². The zero-order chi connectivity index (χ0) is 24.5. The van der Waals surface area contributed by atoms with Crippen LogP contribution in [0.1, 0.15) is 17.4 Å². The number of nitrogens with zero attached hydrogens (tertiary/aromatic N) is 4. The van der Waals surface area contributed by atoms with Crippen LogP contribution in [0.15, 0.2) is 67.3 Å². The van der Waals surface area contributed by atoms with Gasteiger partial charge in [0.2, 0.25) is 5.91 Å². The Morgan fingerprint density at radius 3 is 2.46 bits per heavy atom. The predicted molar refractivity (Wildman–Crippen MR) is 125 cm³/mol. The second-order valence-corrected chi connectivity index (χ2v) is 8.35. The largest absolute Gasteiger partial charge is 0.387 e. The number of hydrogen-bond acceptors (Lipinski definition) is 9. The van der Waals surface area contributed by atoms with E-state index in [9.17, 15) is 20.1 Å². The minimum Gasteiger partial charge on any atom is -0.387 e. The Morgan fingerprint density at radius 2 is 1.74 bits per heavy atom. The molecular weight excluding hydrogens is 452 g/mol. The maximum atomic E-state index is 11.3. The third-order valence-corrected chi connectivity index (χ3v) is 5.98. The van der Waals surface area contributed by atoms with E-state index in [-0.39, 0.29) is 0 Å². The van der Waals surface area contributed by atoms with E-state index in [0.29, 0.717) is 17.0 Å². The number of imidazole rings is 1. The fourth-order valence-corrected chi connectivity index (χ4v) is 4.14. The summed E-state index contributed by atoms with van der Waals surface area (Å²) in [5.74, 6) is -0.632. The van der Waals surface area contributed by atoms with Crippen LogP contribution in [-0.4, -0.2) is 65.2 Å². The highest BCUT2D eigenvalue weighted by Crippen LogP contribution is 2.34. The lowest BCUT2D eigenvalue weighted by molar-refractivity contribution is -0.140. The summed E-state index contributed by atoms with van der Waals surface area (Å²) < 4.78 is 6.98. The summed E-state index contributed by atoms with van der Waals surface area (Å²) >= 11 is 0. The molecule has 1 aliphatic heterocycles. The van der Waals surface area contributed by atoms with Crippen molar-refractivity contribution in [2.24, 2.45) is 5.73 Å². The molecule has 11 nitrogen and oxygen atoms in total. The quantitative estimate of drug-likeness (QED) is 0.257. The molecule has 5 atom stereocenters. The van der Waals surface area contributed by atoms with Crippen molar-refractivity contribution >= 4 is 28.6 Å². The number of aliphatic hydroxyl groups excluding tert-OH is 3. The molecule has 35 heavy (non-hydrogen) atoms. The maximum absolute atomic E-state index is 11.3. The van der Waals surface area contributed by atoms with Gasteiger partial charge in [-0.05, 0) is 29.7 Å². The van der Waals surface area contributed by atoms with Gasteiger partial charge in [-0.3, -0.25) is 9.36 Å². The van der Waals surface area contributed by atoms with Crippen LogP contribution < -0.4 is 11.1 Å². The number of fused-ring (bicyclic) bond motifs is 1. The highest BCUT2D eigenvalue weighted by atomic mass is 16.6. The third kappa shape index (κ3) is 4.45. The summed E-state index contributed by atoms with van der Waals surface area (Å²) in [5.41, 5.74) is 9.03. The highest BCUT2D eigenvalue weighted by Gasteiger charge is 2.48. The topological polar surface area (TPSA) is 169 Å². The number of carbonyl (C=O) groups is 1. The van der Waals surface area contributed by atoms with E-state index in [2.05, 4.69) is 32.4 Å². The number of rotatable bonds is 7. The van der Waals surface area contributed by atoms with Crippen molar-refractivity contribution in [3.8, 4) is 0 Å². The smallest absolute Gasteiger partial charge is 0.249 e. The number of nitrogens with two attached hydrogens (primary N) is 1. The Hall–Kier alpha value is -3.90. The van der Waals surface area contributed by atoms with Gasteiger partial charge in [0, 0.05) is 5.69 Å². The van der Waals surface area contributed by atoms with Crippen molar-refractivity contribution in [1.82, 2.24) is 19.5 Å². The van der Waals surface area contributed by atoms with Crippen molar-refractivity contribution in [3.63, 3.8) is 0 Å². The normalized spacial score (nSPS) is 22.8. The number of carbonyl (C=O) groups excluding carboxylic acids is 1. The number of anilines is 2. The lowest BCUT2D eigenvalue weighted by Gasteiger charge is -2.18. The lowest BCUT2D eigenvalue weighted by atomic mass is 10.0. The maximum Gasteiger partial charge on any atom is 0.249 e. The minimum atomic E-state index is -1.78. The first kappa shape index (κ1) is 22.9. The van der Waals surface area contributed by atoms with Gasteiger partial charge in [-0.2, -0.15) is 0 Å². The van der Waals surface area contributed by atoms with Crippen molar-refractivity contribution < 1.29 is 24.9 Å². The molecule has 1 amide bonds. The molecule has 2 aromatic heterocycles. The number of aromatic nitrogens is 4. The Labute approximate surface area is 199 Å². The summed E-state index contributed by atoms with van der Waals surface area (Å²) in [5, 5.41) is 33.9. The third-order valence-electron chi connectivity index (χ3n) is 5.98. The summed E-state index contributed by atoms with van der Waals surface area (Å²) in [6, 6.07) is 18.1. The summed E-state index contributed by atoms with van der Waals surface area (Å²) in [4.78, 5) is 24.2. The average molecular weight is 476 g/mol. The molecule has 5 rings (SSSR count). The molecule has 6 N–H and O–H groups in total. The Morgan fingerprint density at radius 1 is 1.03 bits per heavy atom. The Kier molecular flexibility index (Phi) is 6.14. The second kappa shape index (κ2) is 9.39. The first-order chi connectivity index (χ1) is 16.9. The van der Waals surface area contributed by atoms with Gasteiger partial charge in [-0.25, -0.2) is 15.0 Å². The van der Waals surface area contributed by atoms with Gasteiger partial charge in [0.25, 0.3) is 0 Å². The molecule has 0 spiro atoms. The standard InChI is InChI=1S/C24H24N6O5/c25-21(34)19(33)20-17(31)18(32)24(35-20)30-12-28-16-22(26-11-27-23(16)30)29-15-8-6-14(7-9-15)10-13-4-2-1-3-5-13/h1-9,11-12,17-20,24,31-33H,10H2,(H2,25,34)(H,26,27,29)/t17-,18+,19?,20-,24+/m0/s1. The molecule has 2 aromatic carbocycles. The van der Waals surface area contributed by atoms with Crippen LogP contribution in [0.25, 0.3) is 11.2 Å². The summed E-state index contributed by atoms with van der Waals surface area (Å²) in [6.45, 7) is 0. The second-order valence-electron chi connectivity index (χ2n) is 8.35. The van der Waals surface area contributed by atoms with Crippen LogP contribution in [-0.2, 0) is 16.0 Å². The number of aliphatic hydroxyl groups is 3. The van der Waals surface area contributed by atoms with E-state index < -0.39 is 36.6 Å². The van der Waals surface area contributed by atoms with Crippen LogP contribution in [0.3, 0.4) is 0 Å². The first-order valence-corrected chi connectivity index (χ1v) is 11.0. The fraction of sp³-hybridized carbons (Fsp3) is 0.250. The van der Waals surface area contributed by atoms with Gasteiger partial charge in [0.15, 0.2) is 29.3 Å². The summed E-state index contributed by atoms with van der Waals surface area (Å²) in [6.07, 6.45) is -3.76. The number of amides is 1. The zero-order valence-corrected chi connectivity index (χ0v) is 18.5. The molecule has 11 heteroatoms. The number of ether oxygens (including phenoxy) is 1. The Bertz CT molecular complexity index is 1330. The van der Waals surface area contributed by atoms with Crippen molar-refractivity contribution in [2.45, 2.75) is 37.1 Å². The highest BCUT2D eigenvalue weighted by molar-refractivity contribution is 5.85. The minimum absolute atomic E-state index is 0.327. The van der Waals surface area contributed by atoms with E-state index >= 15 is 0 Å². The first-order valence-electron chi connectivity index (χ1n) is 11.0. The average Bonchev–Trinajstić information content (AvgIpc) is 3.42. The van der Waals surface area contributed by atoms with Gasteiger partial charge in [0.05, 0.1) is 6.33 Å². The monoisotopic (exact) mass is 476 g/mol. The van der Waals surface area contributed by atoms with Crippen molar-refractivity contribution in [1.29, 1.82) is 0 Å². The molecule has 1 unspecified atom stereocenters. The van der Waals surface area contributed by atoms with Gasteiger partial charge in [0.1, 0.15) is 24.6 Å². The molecule has 0 radical (unpaired) electrons. The molecule has 3 heterocycles. The molecular formula is C24H24N6O5. The predicted octanol–water partition coefficient (Wildman–Crippen LogP) is 0.626. The molecule has 0 saturated carbocycles. The van der Waals surface area contributed by atoms with Gasteiger partial charge < -0.3 is 31.1 Å². The van der Waals surface area contributed by atoms with Crippen molar-refractivity contribution in [2.75, 3.05) is 5.32 Å². The number of nitrogens with one attached hydrogen (secondary N) is 1. The summed E-state index contributed by atoms with van der Waals surface area (Å²) in [7, 11) is 0. The molecule has 180 valence electrons. The molecule has 0 aliphatic carbocycles. The van der Waals surface area contributed by atoms with Crippen LogP contribution >= 0.6 is 0 Å². The zero-order valence-electron chi connectivity index (χ0n) is 18.5. The number of hydrogen-bond donors (Lipinski definition) is 5. The van der Waals surface area contributed by atoms with E-state index in [4.69, 9.17) is 10.5 Å². The SMILES string of the molecule is NC(=O)C(O)[C@H]1O[C@@H](n2cnc3c(Nc4ccc(Cc5ccccc5)cc4)ncnc32)[C@H](O)[C@@H]1O. The van der Waals surface area contributed by atoms with E-state index in [1.165, 1.54) is 22.8 Å². The lowest BCUT2D eigenvalue weighted by Crippen LogP contribution is -2.45. The van der Waals surface area contributed by atoms with E-state index in [0.717, 1.165) is 17.7 Å². The Balaban J connectivity index is 1.36. The molecule has 0 bridgehead atoms. The molecule has 1 saturated heterocycles. The van der Waals surface area contributed by atoms with Crippen LogP contribution in [0.5, 0.6) is 0 Å². The van der Waals surface area contributed by atoms with Crippen LogP contribution in [0, 0.1) is 0 Å². The fourth-order valence-electron chi connectivity index (χ4n) is 4.14. The van der Waals surface area contributed by atoms with Gasteiger partial charge in [-0.15, -0.1) is 0 Å². The number of benzene rings is 2. The molecule has 4 aromatic rings. The van der Waals surface area contributed by atoms with Crippen LogP contribution in [0.2, 0.25) is 0 Å². The van der Waals surface area contributed by atoms with E-state index in [1.807, 2.05) is 42.5 Å². The molecule has 1 fully saturated rings. The molecule has 1 aliphatic rings. The van der Waals surface area contributed by atoms with Gasteiger partial charge in [-0.1, -0.05) is 42.5 Å². The van der Waals surface area contributed by atoms with Crippen molar-refractivity contribution in [3.05, 3.63) is 78.4 Å². The van der Waals surface area contributed by atoms with Crippen LogP contribution in [0.4, 0.5) is 11.5 Å². The number of primary amides is 1.